The first kappa shape index (κ1) is 28.1. The van der Waals surface area contributed by atoms with Crippen LogP contribution in [0.25, 0.3) is 0 Å². The van der Waals surface area contributed by atoms with Crippen LogP contribution in [0.3, 0.4) is 0 Å². The number of alkyl halides is 2. The van der Waals surface area contributed by atoms with E-state index in [1.807, 2.05) is 29.6 Å². The molecule has 2 rings (SSSR count). The molecular weight excluding hydrogens is 427 g/mol. The Morgan fingerprint density at radius 1 is 0.769 bits per heavy atom. The zero-order chi connectivity index (χ0) is 18.6. The molecule has 0 heterocycles. The number of halogens is 3. The number of hydrogen-bond donors (Lipinski definition) is 2. The maximum atomic E-state index is 5.37. The van der Waals surface area contributed by atoms with E-state index in [1.165, 1.54) is 11.1 Å². The number of hydrogen-bond acceptors (Lipinski definition) is 3. The first-order valence-electron chi connectivity index (χ1n) is 8.13. The van der Waals surface area contributed by atoms with E-state index in [-0.39, 0.29) is 17.7 Å². The average Bonchev–Trinajstić information content (AvgIpc) is 2.65. The minimum atomic E-state index is 0. The summed E-state index contributed by atoms with van der Waals surface area (Å²) >= 11 is 13.4. The van der Waals surface area contributed by atoms with Gasteiger partial charge in [-0.15, -0.1) is 23.2 Å². The number of thioether (sulfide) groups is 2. The van der Waals surface area contributed by atoms with E-state index < -0.39 is 0 Å². The summed E-state index contributed by atoms with van der Waals surface area (Å²) < 4.78 is 0. The third-order valence-corrected chi connectivity index (χ3v) is 4.95. The molecule has 0 unspecified atom stereocenters. The lowest BCUT2D eigenvalue weighted by Gasteiger charge is -1.98. The first-order chi connectivity index (χ1) is 12.3. The molecular formula is C19H29Cl3N2S2. The summed E-state index contributed by atoms with van der Waals surface area (Å²) in [5.74, 6) is 4.41. The van der Waals surface area contributed by atoms with Gasteiger partial charge < -0.3 is 23.9 Å². The van der Waals surface area contributed by atoms with E-state index in [9.17, 15) is 0 Å². The Morgan fingerprint density at radius 2 is 1.15 bits per heavy atom. The molecule has 5 N–H and O–H groups in total. The third-order valence-electron chi connectivity index (χ3n) is 2.77. The molecule has 0 amide bonds. The van der Waals surface area contributed by atoms with E-state index in [4.69, 9.17) is 28.9 Å². The maximum absolute atomic E-state index is 5.37. The molecule has 0 aromatic heterocycles. The van der Waals surface area contributed by atoms with Crippen molar-refractivity contribution < 1.29 is 18.1 Å². The number of rotatable bonds is 8. The van der Waals surface area contributed by atoms with Crippen LogP contribution in [0.5, 0.6) is 0 Å². The van der Waals surface area contributed by atoms with Crippen molar-refractivity contribution >= 4 is 46.7 Å². The number of quaternary nitrogens is 1. The Labute approximate surface area is 183 Å². The van der Waals surface area contributed by atoms with E-state index in [1.54, 1.807) is 0 Å². The number of benzene rings is 2. The van der Waals surface area contributed by atoms with Crippen LogP contribution >= 0.6 is 46.7 Å². The highest BCUT2D eigenvalue weighted by atomic mass is 35.5. The highest BCUT2D eigenvalue weighted by molar-refractivity contribution is 7.98. The standard InChI is InChI=1S/2C9H13NS.CH2Cl2.ClH/c2*10-6-7-11-8-9-4-2-1-3-5-9;2-1-3;/h2*1-5H,6-8,10H2;1H2;1H. The molecule has 0 atom stereocenters. The second-order valence-corrected chi connectivity index (χ2v) is 7.84. The highest BCUT2D eigenvalue weighted by Crippen LogP contribution is 2.10. The van der Waals surface area contributed by atoms with Crippen molar-refractivity contribution in [3.63, 3.8) is 0 Å². The SMILES string of the molecule is ClCCl.NCCSCc1ccccc1.[Cl-].[NH3+]CCSCc1ccccc1. The fraction of sp³-hybridized carbons (Fsp3) is 0.368. The lowest BCUT2D eigenvalue weighted by Crippen LogP contribution is -3.00. The minimum absolute atomic E-state index is 0. The van der Waals surface area contributed by atoms with E-state index in [0.29, 0.717) is 0 Å². The molecule has 0 bridgehead atoms. The normalized spacial score (nSPS) is 9.08. The molecule has 0 aliphatic rings. The van der Waals surface area contributed by atoms with Crippen LogP contribution in [0.1, 0.15) is 11.1 Å². The molecule has 7 heteroatoms. The molecule has 0 fully saturated rings. The smallest absolute Gasteiger partial charge is 0.0967 e. The Bertz CT molecular complexity index is 445. The average molecular weight is 456 g/mol. The summed E-state index contributed by atoms with van der Waals surface area (Å²) in [6, 6.07) is 21.0. The summed E-state index contributed by atoms with van der Waals surface area (Å²) in [4.78, 5) is 0. The van der Waals surface area contributed by atoms with Gasteiger partial charge in [-0.3, -0.25) is 0 Å². The highest BCUT2D eigenvalue weighted by Gasteiger charge is 1.90. The van der Waals surface area contributed by atoms with Gasteiger partial charge in [0.25, 0.3) is 0 Å². The van der Waals surface area contributed by atoms with Crippen LogP contribution in [0.4, 0.5) is 0 Å². The third kappa shape index (κ3) is 18.7. The summed E-state index contributed by atoms with van der Waals surface area (Å²) in [5.41, 5.74) is 12.0. The quantitative estimate of drug-likeness (QED) is 0.468. The van der Waals surface area contributed by atoms with Crippen molar-refractivity contribution in [1.29, 1.82) is 0 Å². The van der Waals surface area contributed by atoms with E-state index in [2.05, 4.69) is 60.3 Å². The summed E-state index contributed by atoms with van der Waals surface area (Å²) in [7, 11) is 0. The van der Waals surface area contributed by atoms with Crippen molar-refractivity contribution in [2.75, 3.05) is 29.9 Å². The van der Waals surface area contributed by atoms with Crippen molar-refractivity contribution in [1.82, 2.24) is 0 Å². The monoisotopic (exact) mass is 454 g/mol. The molecule has 26 heavy (non-hydrogen) atoms. The van der Waals surface area contributed by atoms with E-state index in [0.717, 1.165) is 36.1 Å². The summed E-state index contributed by atoms with van der Waals surface area (Å²) in [6.45, 7) is 1.80. The van der Waals surface area contributed by atoms with Gasteiger partial charge >= 0.3 is 0 Å². The van der Waals surface area contributed by atoms with Crippen LogP contribution in [0.2, 0.25) is 0 Å². The van der Waals surface area contributed by atoms with Gasteiger partial charge in [-0.25, -0.2) is 0 Å². The van der Waals surface area contributed by atoms with Crippen molar-refractivity contribution in [2.45, 2.75) is 11.5 Å². The largest absolute Gasteiger partial charge is 1.00 e. The van der Waals surface area contributed by atoms with Gasteiger partial charge in [0.05, 0.1) is 11.9 Å². The fourth-order valence-electron chi connectivity index (χ4n) is 1.71. The Hall–Kier alpha value is -0.0700. The second-order valence-electron chi connectivity index (χ2n) is 4.82. The first-order valence-corrected chi connectivity index (χ1v) is 11.5. The molecule has 0 aliphatic heterocycles. The zero-order valence-corrected chi connectivity index (χ0v) is 18.9. The maximum Gasteiger partial charge on any atom is 0.0967 e. The molecule has 0 saturated carbocycles. The zero-order valence-electron chi connectivity index (χ0n) is 15.0. The van der Waals surface area contributed by atoms with E-state index >= 15 is 0 Å². The van der Waals surface area contributed by atoms with Crippen molar-refractivity contribution in [3.8, 4) is 0 Å². The lowest BCUT2D eigenvalue weighted by molar-refractivity contribution is -0.360. The number of nitrogens with two attached hydrogens (primary N) is 1. The minimum Gasteiger partial charge on any atom is -1.00 e. The summed E-state index contributed by atoms with van der Waals surface area (Å²) in [5, 5.41) is 0.194. The Balaban J connectivity index is 0. The lowest BCUT2D eigenvalue weighted by atomic mass is 10.2. The molecule has 0 saturated heterocycles. The van der Waals surface area contributed by atoms with Crippen LogP contribution in [-0.4, -0.2) is 29.9 Å². The molecule has 2 nitrogen and oxygen atoms in total. The van der Waals surface area contributed by atoms with Crippen molar-refractivity contribution in [2.24, 2.45) is 5.73 Å². The van der Waals surface area contributed by atoms with Crippen molar-refractivity contribution in [3.05, 3.63) is 71.8 Å². The van der Waals surface area contributed by atoms with Gasteiger partial charge in [0, 0.05) is 29.6 Å². The van der Waals surface area contributed by atoms with Crippen LogP contribution < -0.4 is 23.9 Å². The Kier molecular flexibility index (Phi) is 24.9. The summed E-state index contributed by atoms with van der Waals surface area (Å²) in [6.07, 6.45) is 0. The fourth-order valence-corrected chi connectivity index (χ4v) is 3.23. The predicted molar refractivity (Wildman–Crippen MR) is 119 cm³/mol. The molecule has 0 aliphatic carbocycles. The van der Waals surface area contributed by atoms with Gasteiger partial charge in [0.15, 0.2) is 0 Å². The van der Waals surface area contributed by atoms with Gasteiger partial charge in [0.1, 0.15) is 0 Å². The van der Waals surface area contributed by atoms with Gasteiger partial charge in [0.2, 0.25) is 0 Å². The molecule has 0 radical (unpaired) electrons. The van der Waals surface area contributed by atoms with Crippen LogP contribution in [0, 0.1) is 0 Å². The molecule has 2 aromatic carbocycles. The molecule has 0 spiro atoms. The predicted octanol–water partition coefficient (Wildman–Crippen LogP) is 1.47. The van der Waals surface area contributed by atoms with Gasteiger partial charge in [-0.1, -0.05) is 60.7 Å². The van der Waals surface area contributed by atoms with Gasteiger partial charge in [-0.05, 0) is 11.1 Å². The second kappa shape index (κ2) is 23.0. The molecule has 148 valence electrons. The Morgan fingerprint density at radius 3 is 1.50 bits per heavy atom. The topological polar surface area (TPSA) is 53.7 Å². The van der Waals surface area contributed by atoms with Gasteiger partial charge in [-0.2, -0.15) is 23.5 Å². The van der Waals surface area contributed by atoms with Crippen LogP contribution in [-0.2, 0) is 11.5 Å². The molecule has 2 aromatic rings. The van der Waals surface area contributed by atoms with Crippen LogP contribution in [0.15, 0.2) is 60.7 Å².